The molecule has 0 N–H and O–H groups in total. The Morgan fingerprint density at radius 3 is 1.40 bits per heavy atom. The van der Waals surface area contributed by atoms with Crippen molar-refractivity contribution in [1.82, 2.24) is 0 Å². The molecule has 0 bridgehead atoms. The van der Waals surface area contributed by atoms with Gasteiger partial charge >= 0.3 is 195 Å². The van der Waals surface area contributed by atoms with E-state index in [0.717, 1.165) is 115 Å². The second-order valence-electron chi connectivity index (χ2n) is 4.06. The molecule has 0 aliphatic heterocycles. The third-order valence-corrected chi connectivity index (χ3v) is 5.45. The summed E-state index contributed by atoms with van der Waals surface area (Å²) in [7, 11) is 0. The van der Waals surface area contributed by atoms with Crippen LogP contribution in [0.15, 0.2) is 0 Å². The fourth-order valence-corrected chi connectivity index (χ4v) is 4.39. The van der Waals surface area contributed by atoms with Gasteiger partial charge in [0.2, 0.25) is 0 Å². The van der Waals surface area contributed by atoms with Crippen molar-refractivity contribution in [2.45, 2.75) is 62.8 Å². The van der Waals surface area contributed by atoms with Crippen LogP contribution in [0.3, 0.4) is 0 Å². The van der Waals surface area contributed by atoms with Crippen molar-refractivity contribution in [3.63, 3.8) is 0 Å². The molecule has 0 nitrogen and oxygen atoms in total. The van der Waals surface area contributed by atoms with Crippen molar-refractivity contribution in [3.8, 4) is 0 Å². The molecular weight excluding hydrogens is 323 g/mol. The van der Waals surface area contributed by atoms with Crippen molar-refractivity contribution in [3.05, 3.63) is 0 Å². The summed E-state index contributed by atoms with van der Waals surface area (Å²) in [6.07, 6.45) is 8.48. The quantitative estimate of drug-likeness (QED) is 0.632. The van der Waals surface area contributed by atoms with Gasteiger partial charge in [0.25, 0.3) is 0 Å². The van der Waals surface area contributed by atoms with Crippen molar-refractivity contribution < 1.29 is 0 Å². The summed E-state index contributed by atoms with van der Waals surface area (Å²) in [6, 6.07) is 0. The van der Waals surface area contributed by atoms with Crippen molar-refractivity contribution in [2.24, 2.45) is 0 Å². The molecule has 0 saturated carbocycles. The van der Waals surface area contributed by atoms with Gasteiger partial charge in [-0.2, -0.15) is 0 Å². The molecule has 0 aromatic rings. The van der Waals surface area contributed by atoms with Gasteiger partial charge in [0.1, 0.15) is 0 Å². The van der Waals surface area contributed by atoms with Gasteiger partial charge in [-0.25, -0.2) is 0 Å². The molecule has 0 saturated heterocycles. The zero-order valence-electron chi connectivity index (χ0n) is 12.4. The molecule has 15 heavy (non-hydrogen) atoms. The Bertz CT molecular complexity index is 52.4. The van der Waals surface area contributed by atoms with E-state index in [4.69, 9.17) is 0 Å². The monoisotopic (exact) mass is 350 g/mol. The van der Waals surface area contributed by atoms with Gasteiger partial charge in [0.05, 0.1) is 0 Å². The molecule has 78 valence electrons. The summed E-state index contributed by atoms with van der Waals surface area (Å²) in [5.74, 6) is 0. The zero-order valence-corrected chi connectivity index (χ0v) is 21.8. The average Bonchev–Trinajstić information content (AvgIpc) is 2.23. The Balaban J connectivity index is -0.000000144. The van der Waals surface area contributed by atoms with Gasteiger partial charge in [0.15, 0.2) is 0 Å². The second-order valence-corrected chi connectivity index (χ2v) is 8.76. The van der Waals surface area contributed by atoms with Gasteiger partial charge in [-0.3, -0.25) is 0 Å². The molecule has 0 unspecified atom stereocenters. The molecule has 0 fully saturated rings. The Hall–Kier alpha value is 4.29. The fraction of sp³-hybridized carbons (Fsp3) is 1.00. The van der Waals surface area contributed by atoms with E-state index in [2.05, 4.69) is 38.5 Å². The summed E-state index contributed by atoms with van der Waals surface area (Å²) in [4.78, 5) is 0. The van der Waals surface area contributed by atoms with E-state index in [1.807, 2.05) is 0 Å². The SMILES string of the molecule is CCC[CH2][Cs].CCC[CH2][K].[Li][CH2]CCC. The van der Waals surface area contributed by atoms with E-state index in [-0.39, 0.29) is 0 Å². The molecule has 0 heterocycles. The molecule has 0 aromatic heterocycles. The molecule has 0 atom stereocenters. The first kappa shape index (κ1) is 24.3. The number of hydrogen-bond acceptors (Lipinski definition) is 0. The van der Waals surface area contributed by atoms with Crippen LogP contribution >= 0.6 is 0 Å². The maximum absolute atomic E-state index is 2.25. The number of hydrogen-bond donors (Lipinski definition) is 0. The zero-order chi connectivity index (χ0) is 12.4. The van der Waals surface area contributed by atoms with Crippen LogP contribution in [0.5, 0.6) is 0 Å². The minimum absolute atomic E-state index is 0.911. The molecule has 0 amide bonds. The summed E-state index contributed by atoms with van der Waals surface area (Å²) in [5, 5.41) is 1.34. The minimum atomic E-state index is 0.911. The first-order valence-electron chi connectivity index (χ1n) is 7.24. The molecule has 0 aliphatic rings. The van der Waals surface area contributed by atoms with E-state index in [9.17, 15) is 0 Å². The van der Waals surface area contributed by atoms with Crippen molar-refractivity contribution in [2.75, 3.05) is 0 Å². The van der Waals surface area contributed by atoms with Crippen LogP contribution in [-0.4, -0.2) is 133 Å². The summed E-state index contributed by atoms with van der Waals surface area (Å²) in [5.41, 5.74) is 0. The third-order valence-electron chi connectivity index (χ3n) is 2.12. The van der Waals surface area contributed by atoms with Gasteiger partial charge in [-0.05, 0) is 0 Å². The van der Waals surface area contributed by atoms with E-state index < -0.39 is 0 Å². The predicted octanol–water partition coefficient (Wildman–Crippen LogP) is 4.12. The normalized spacial score (nSPS) is 8.60. The van der Waals surface area contributed by atoms with Crippen LogP contribution in [0.25, 0.3) is 0 Å². The molecule has 0 aliphatic carbocycles. The van der Waals surface area contributed by atoms with Gasteiger partial charge in [0, 0.05) is 0 Å². The van der Waals surface area contributed by atoms with Gasteiger partial charge < -0.3 is 0 Å². The van der Waals surface area contributed by atoms with Crippen LogP contribution < -0.4 is 0 Å². The Labute approximate surface area is 189 Å². The molecule has 0 spiro atoms. The van der Waals surface area contributed by atoms with Crippen LogP contribution in [0.4, 0.5) is 0 Å². The van der Waals surface area contributed by atoms with Gasteiger partial charge in [-0.1, -0.05) is 0 Å². The second kappa shape index (κ2) is 31.0. The first-order chi connectivity index (χ1) is 7.24. The Kier molecular flexibility index (Phi) is 50.2. The fourth-order valence-electron chi connectivity index (χ4n) is 1.06. The molecule has 0 rings (SSSR count). The molecule has 0 aromatic carbocycles. The first-order valence-corrected chi connectivity index (χ1v) is 13.9. The number of rotatable bonds is 6. The average molecular weight is 350 g/mol. The maximum atomic E-state index is 2.25. The van der Waals surface area contributed by atoms with E-state index in [1.165, 1.54) is 44.1 Å². The van der Waals surface area contributed by atoms with E-state index in [0.29, 0.717) is 0 Å². The van der Waals surface area contributed by atoms with Crippen molar-refractivity contribution in [1.29, 1.82) is 0 Å². The predicted molar refractivity (Wildman–Crippen MR) is 76.4 cm³/mol. The van der Waals surface area contributed by atoms with Crippen LogP contribution in [0, 0.1) is 0 Å². The molecule has 3 heteroatoms. The summed E-state index contributed by atoms with van der Waals surface area (Å²) >= 11 is 4.24. The third kappa shape index (κ3) is 45.8. The van der Waals surface area contributed by atoms with Crippen molar-refractivity contribution >= 4 is 133 Å². The number of unbranched alkanes of at least 4 members (excludes halogenated alkanes) is 3. The Morgan fingerprint density at radius 2 is 1.40 bits per heavy atom. The van der Waals surface area contributed by atoms with Gasteiger partial charge in [-0.15, -0.1) is 0 Å². The van der Waals surface area contributed by atoms with E-state index >= 15 is 0 Å². The molecular formula is C12H27CsKLi. The summed E-state index contributed by atoms with van der Waals surface area (Å²) in [6.45, 7) is 6.70. The van der Waals surface area contributed by atoms with Crippen LogP contribution in [0.2, 0.25) is 3.46 Å². The topological polar surface area (TPSA) is 0 Å². The van der Waals surface area contributed by atoms with Crippen LogP contribution in [-0.2, 0) is 0 Å². The molecule has 0 radical (unpaired) electrons. The van der Waals surface area contributed by atoms with Crippen LogP contribution in [0.1, 0.15) is 59.3 Å². The Morgan fingerprint density at radius 1 is 0.933 bits per heavy atom. The summed E-state index contributed by atoms with van der Waals surface area (Å²) < 4.78 is 3.10. The standard InChI is InChI=1S/3C4H9.Cs.K.Li/c3*1-3-4-2;;;/h3*1,3-4H2,2H3;;;. The van der Waals surface area contributed by atoms with E-state index in [1.54, 1.807) is -2.15 Å².